The Bertz CT molecular complexity index is 1240. The average Bonchev–Trinajstić information content (AvgIpc) is 2.69. The van der Waals surface area contributed by atoms with Crippen LogP contribution in [0.25, 0.3) is 5.76 Å². The third-order valence-electron chi connectivity index (χ3n) is 7.18. The zero-order chi connectivity index (χ0) is 25.7. The number of primary amides is 1. The standard InChI is InChI=1S/C22H23ClN2O9/c1-21(32)7-6-8-15(25(2,3)34)17(28)13(20(24)31)19(30)22(8,33)18(29)11(7)16(27)12-10(26)5-4-9(23)14(12)21/h4-5,7-8,15,26-27,30,32-33H,6H2,1-3H3,(H2,24,31)/t7-,8-,15-,21-,22-/m0/s1. The van der Waals surface area contributed by atoms with Crippen LogP contribution in [0, 0.1) is 17.0 Å². The maximum Gasteiger partial charge on any atom is 0.256 e. The van der Waals surface area contributed by atoms with Crippen molar-refractivity contribution in [2.45, 2.75) is 30.6 Å². The van der Waals surface area contributed by atoms with Crippen molar-refractivity contribution in [2.24, 2.45) is 17.6 Å². The highest BCUT2D eigenvalue weighted by Gasteiger charge is 2.68. The number of hydrogen-bond acceptors (Lipinski definition) is 9. The molecule has 1 fully saturated rings. The molecular formula is C22H23ClN2O9. The van der Waals surface area contributed by atoms with Crippen LogP contribution in [0.5, 0.6) is 5.75 Å². The number of ketones is 2. The Morgan fingerprint density at radius 3 is 2.32 bits per heavy atom. The molecule has 182 valence electrons. The number of phenolic OH excluding ortho intramolecular Hbond substituents is 1. The van der Waals surface area contributed by atoms with Gasteiger partial charge in [-0.1, -0.05) is 11.6 Å². The van der Waals surface area contributed by atoms with Crippen molar-refractivity contribution in [1.29, 1.82) is 0 Å². The van der Waals surface area contributed by atoms with Crippen LogP contribution in [0.2, 0.25) is 5.02 Å². The van der Waals surface area contributed by atoms with E-state index in [1.807, 2.05) is 0 Å². The number of phenols is 1. The van der Waals surface area contributed by atoms with Crippen molar-refractivity contribution in [2.75, 3.05) is 14.1 Å². The van der Waals surface area contributed by atoms with Gasteiger partial charge in [0.2, 0.25) is 11.6 Å². The smallest absolute Gasteiger partial charge is 0.256 e. The first-order valence-corrected chi connectivity index (χ1v) is 10.6. The van der Waals surface area contributed by atoms with Crippen LogP contribution in [-0.4, -0.2) is 73.4 Å². The summed E-state index contributed by atoms with van der Waals surface area (Å²) in [7, 11) is 2.11. The Labute approximate surface area is 198 Å². The highest BCUT2D eigenvalue weighted by atomic mass is 35.5. The number of carbonyl (C=O) groups is 3. The maximum absolute atomic E-state index is 13.7. The number of rotatable bonds is 2. The molecule has 1 amide bonds. The van der Waals surface area contributed by atoms with Gasteiger partial charge in [0, 0.05) is 22.1 Å². The van der Waals surface area contributed by atoms with Crippen LogP contribution < -0.4 is 5.73 Å². The summed E-state index contributed by atoms with van der Waals surface area (Å²) in [6.07, 6.45) is -0.448. The highest BCUT2D eigenvalue weighted by molar-refractivity contribution is 6.32. The van der Waals surface area contributed by atoms with Crippen LogP contribution >= 0.6 is 11.6 Å². The van der Waals surface area contributed by atoms with Gasteiger partial charge in [0.15, 0.2) is 11.6 Å². The molecule has 0 heterocycles. The third kappa shape index (κ3) is 2.82. The molecule has 0 saturated heterocycles. The summed E-state index contributed by atoms with van der Waals surface area (Å²) in [4.78, 5) is 38.8. The predicted octanol–water partition coefficient (Wildman–Crippen LogP) is 0.295. The van der Waals surface area contributed by atoms with E-state index < -0.39 is 86.0 Å². The molecule has 7 N–H and O–H groups in total. The largest absolute Gasteiger partial charge is 0.633 e. The molecule has 12 heteroatoms. The van der Waals surface area contributed by atoms with Gasteiger partial charge in [-0.15, -0.1) is 0 Å². The van der Waals surface area contributed by atoms with Gasteiger partial charge in [-0.05, 0) is 25.5 Å². The van der Waals surface area contributed by atoms with Crippen molar-refractivity contribution in [3.63, 3.8) is 0 Å². The minimum atomic E-state index is -2.98. The van der Waals surface area contributed by atoms with E-state index in [0.29, 0.717) is 0 Å². The van der Waals surface area contributed by atoms with Crippen molar-refractivity contribution in [1.82, 2.24) is 0 Å². The summed E-state index contributed by atoms with van der Waals surface area (Å²) in [6.45, 7) is 1.27. The van der Waals surface area contributed by atoms with E-state index in [4.69, 9.17) is 17.3 Å². The predicted molar refractivity (Wildman–Crippen MR) is 117 cm³/mol. The Hall–Kier alpha value is -2.96. The molecule has 0 aliphatic heterocycles. The van der Waals surface area contributed by atoms with E-state index in [2.05, 4.69) is 0 Å². The number of benzene rings is 1. The Morgan fingerprint density at radius 1 is 1.21 bits per heavy atom. The van der Waals surface area contributed by atoms with Gasteiger partial charge in [0.1, 0.15) is 22.8 Å². The van der Waals surface area contributed by atoms with Gasteiger partial charge in [0.05, 0.1) is 31.2 Å². The number of Topliss-reactive ketones (excluding diaryl/α,β-unsaturated/α-hetero) is 2. The van der Waals surface area contributed by atoms with Crippen LogP contribution in [-0.2, 0) is 20.0 Å². The molecular weight excluding hydrogens is 472 g/mol. The van der Waals surface area contributed by atoms with Crippen molar-refractivity contribution in [3.8, 4) is 5.75 Å². The molecule has 0 spiro atoms. The lowest BCUT2D eigenvalue weighted by Crippen LogP contribution is -2.69. The quantitative estimate of drug-likeness (QED) is 0.190. The number of nitrogens with two attached hydrogens (primary N) is 1. The number of carbonyl (C=O) groups excluding carboxylic acids is 3. The molecule has 0 aromatic heterocycles. The summed E-state index contributed by atoms with van der Waals surface area (Å²) in [5.41, 5.74) is -1.86. The van der Waals surface area contributed by atoms with Gasteiger partial charge < -0.3 is 41.1 Å². The fraction of sp³-hybridized carbons (Fsp3) is 0.409. The van der Waals surface area contributed by atoms with Gasteiger partial charge in [-0.3, -0.25) is 14.4 Å². The second-order valence-electron chi connectivity index (χ2n) is 9.55. The molecule has 1 saturated carbocycles. The van der Waals surface area contributed by atoms with Gasteiger partial charge in [-0.2, -0.15) is 0 Å². The number of aliphatic hydroxyl groups is 4. The second kappa shape index (κ2) is 7.03. The normalized spacial score (nSPS) is 33.4. The fourth-order valence-electron chi connectivity index (χ4n) is 5.70. The number of nitrogens with zero attached hydrogens (tertiary/aromatic N) is 1. The number of likely N-dealkylation sites (N-methyl/N-ethyl adjacent to an activating group) is 1. The zero-order valence-corrected chi connectivity index (χ0v) is 19.1. The SMILES string of the molecule is C[C@@]1(O)c2c(Cl)ccc(O)c2C(O)=C2C(=O)[C@]3(O)C(O)=C(C(N)=O)C(=O)[C@@H]([N+](C)(C)[O-])[C@@H]3C[C@@H]21. The molecule has 0 radical (unpaired) electrons. The molecule has 5 atom stereocenters. The molecule has 4 rings (SSSR count). The lowest BCUT2D eigenvalue weighted by Gasteiger charge is -2.55. The lowest BCUT2D eigenvalue weighted by atomic mass is 9.54. The van der Waals surface area contributed by atoms with Crippen LogP contribution in [0.1, 0.15) is 24.5 Å². The first-order chi connectivity index (χ1) is 15.5. The third-order valence-corrected chi connectivity index (χ3v) is 7.50. The number of quaternary nitrogens is 1. The molecule has 3 aliphatic carbocycles. The Balaban J connectivity index is 2.09. The molecule has 0 bridgehead atoms. The van der Waals surface area contributed by atoms with Gasteiger partial charge >= 0.3 is 0 Å². The van der Waals surface area contributed by atoms with Crippen LogP contribution in [0.4, 0.5) is 0 Å². The van der Waals surface area contributed by atoms with Crippen molar-refractivity contribution in [3.05, 3.63) is 50.4 Å². The van der Waals surface area contributed by atoms with E-state index in [1.54, 1.807) is 0 Å². The first-order valence-electron chi connectivity index (χ1n) is 10.3. The summed E-state index contributed by atoms with van der Waals surface area (Å²) < 4.78 is -1.39. The highest BCUT2D eigenvalue weighted by Crippen LogP contribution is 2.58. The van der Waals surface area contributed by atoms with Crippen molar-refractivity contribution >= 4 is 34.8 Å². The molecule has 0 unspecified atom stereocenters. The molecule has 11 nitrogen and oxygen atoms in total. The van der Waals surface area contributed by atoms with E-state index in [9.17, 15) is 45.1 Å². The number of aliphatic hydroxyl groups excluding tert-OH is 2. The average molecular weight is 495 g/mol. The summed E-state index contributed by atoms with van der Waals surface area (Å²) in [6, 6.07) is 0.656. The van der Waals surface area contributed by atoms with Crippen LogP contribution in [0.3, 0.4) is 0 Å². The number of amides is 1. The topological polar surface area (TPSA) is 201 Å². The monoisotopic (exact) mass is 494 g/mol. The van der Waals surface area contributed by atoms with E-state index >= 15 is 0 Å². The first kappa shape index (κ1) is 24.2. The number of halogens is 1. The molecule has 34 heavy (non-hydrogen) atoms. The summed E-state index contributed by atoms with van der Waals surface area (Å²) >= 11 is 6.25. The molecule has 3 aliphatic rings. The maximum atomic E-state index is 13.7. The number of hydrogen-bond donors (Lipinski definition) is 6. The molecule has 1 aromatic rings. The van der Waals surface area contributed by atoms with Crippen molar-refractivity contribution < 1.29 is 44.6 Å². The molecule has 1 aromatic carbocycles. The number of hydroxylamine groups is 3. The Morgan fingerprint density at radius 2 is 1.79 bits per heavy atom. The van der Waals surface area contributed by atoms with Gasteiger partial charge in [-0.25, -0.2) is 0 Å². The number of fused-ring (bicyclic) bond motifs is 3. The van der Waals surface area contributed by atoms with Crippen LogP contribution in [0.15, 0.2) is 29.0 Å². The fourth-order valence-corrected chi connectivity index (χ4v) is 6.05. The minimum absolute atomic E-state index is 0.0355. The van der Waals surface area contributed by atoms with E-state index in [0.717, 1.165) is 20.2 Å². The van der Waals surface area contributed by atoms with Gasteiger partial charge in [0.25, 0.3) is 5.91 Å². The minimum Gasteiger partial charge on any atom is -0.633 e. The Kier molecular flexibility index (Phi) is 5.00. The number of aromatic hydroxyl groups is 1. The lowest BCUT2D eigenvalue weighted by molar-refractivity contribution is -0.862. The summed E-state index contributed by atoms with van der Waals surface area (Å²) in [5.74, 6) is -9.52. The van der Waals surface area contributed by atoms with E-state index in [-0.39, 0.29) is 16.1 Å². The van der Waals surface area contributed by atoms with E-state index in [1.165, 1.54) is 13.0 Å². The summed E-state index contributed by atoms with van der Waals surface area (Å²) in [5, 5.41) is 68.1. The second-order valence-corrected chi connectivity index (χ2v) is 9.95. The zero-order valence-electron chi connectivity index (χ0n) is 18.4.